The summed E-state index contributed by atoms with van der Waals surface area (Å²) in [5.41, 5.74) is 1.63. The number of rotatable bonds is 4. The predicted octanol–water partition coefficient (Wildman–Crippen LogP) is 1.91. The first-order valence-electron chi connectivity index (χ1n) is 5.65. The predicted molar refractivity (Wildman–Crippen MR) is 66.5 cm³/mol. The molecule has 0 amide bonds. The molecular weight excluding hydrogens is 230 g/mol. The fourth-order valence-corrected chi connectivity index (χ4v) is 1.61. The van der Waals surface area contributed by atoms with Crippen molar-refractivity contribution in [3.8, 4) is 5.75 Å². The minimum atomic E-state index is 0.0537. The topological polar surface area (TPSA) is 57.0 Å². The van der Waals surface area contributed by atoms with Crippen LogP contribution in [0.1, 0.15) is 28.7 Å². The molecule has 0 saturated carbocycles. The zero-order valence-corrected chi connectivity index (χ0v) is 10.7. The van der Waals surface area contributed by atoms with Crippen molar-refractivity contribution in [2.75, 3.05) is 0 Å². The third-order valence-corrected chi connectivity index (χ3v) is 2.74. The van der Waals surface area contributed by atoms with Crippen molar-refractivity contribution in [3.63, 3.8) is 0 Å². The monoisotopic (exact) mass is 245 g/mol. The quantitative estimate of drug-likeness (QED) is 0.772. The van der Waals surface area contributed by atoms with Crippen molar-refractivity contribution in [1.29, 1.82) is 0 Å². The van der Waals surface area contributed by atoms with E-state index < -0.39 is 0 Å². The Balaban J connectivity index is 2.11. The number of carbonyl (C=O) groups is 1. The van der Waals surface area contributed by atoms with E-state index >= 15 is 0 Å². The molecule has 0 aliphatic carbocycles. The highest BCUT2D eigenvalue weighted by Crippen LogP contribution is 2.20. The number of benzene rings is 1. The van der Waals surface area contributed by atoms with Crippen molar-refractivity contribution in [3.05, 3.63) is 41.5 Å². The summed E-state index contributed by atoms with van der Waals surface area (Å²) in [6, 6.07) is 5.40. The molecule has 0 spiro atoms. The summed E-state index contributed by atoms with van der Waals surface area (Å²) in [6.07, 6.45) is 1.63. The second kappa shape index (κ2) is 5.00. The molecule has 0 fully saturated rings. The molecule has 0 aliphatic rings. The van der Waals surface area contributed by atoms with Gasteiger partial charge >= 0.3 is 0 Å². The molecule has 0 N–H and O–H groups in total. The first-order chi connectivity index (χ1) is 8.58. The fourth-order valence-electron chi connectivity index (χ4n) is 1.61. The van der Waals surface area contributed by atoms with Crippen LogP contribution in [-0.2, 0) is 13.7 Å². The maximum Gasteiger partial charge on any atom is 0.170 e. The summed E-state index contributed by atoms with van der Waals surface area (Å²) < 4.78 is 7.47. The Morgan fingerprint density at radius 3 is 2.78 bits per heavy atom. The average molecular weight is 245 g/mol. The number of nitrogens with zero attached hydrogens (tertiary/aromatic N) is 3. The number of carbonyl (C=O) groups excluding carboxylic acids is 1. The van der Waals surface area contributed by atoms with Crippen LogP contribution < -0.4 is 4.74 Å². The summed E-state index contributed by atoms with van der Waals surface area (Å²) in [7, 11) is 1.87. The minimum absolute atomic E-state index is 0.0537. The molecule has 0 bridgehead atoms. The van der Waals surface area contributed by atoms with E-state index in [1.165, 1.54) is 0 Å². The molecule has 0 unspecified atom stereocenters. The van der Waals surface area contributed by atoms with E-state index in [0.717, 1.165) is 17.1 Å². The van der Waals surface area contributed by atoms with Gasteiger partial charge in [0.2, 0.25) is 0 Å². The molecule has 0 atom stereocenters. The number of Topliss-reactive ketones (excluding diaryl/α,β-unsaturated/α-hetero) is 1. The molecule has 18 heavy (non-hydrogen) atoms. The summed E-state index contributed by atoms with van der Waals surface area (Å²) in [5.74, 6) is 1.56. The molecule has 1 aromatic carbocycles. The summed E-state index contributed by atoms with van der Waals surface area (Å²) in [4.78, 5) is 11.2. The Hall–Kier alpha value is -2.17. The van der Waals surface area contributed by atoms with Crippen LogP contribution in [0.5, 0.6) is 5.75 Å². The summed E-state index contributed by atoms with van der Waals surface area (Å²) in [6.45, 7) is 3.82. The largest absolute Gasteiger partial charge is 0.485 e. The lowest BCUT2D eigenvalue weighted by Gasteiger charge is -2.09. The Morgan fingerprint density at radius 2 is 2.22 bits per heavy atom. The van der Waals surface area contributed by atoms with Crippen molar-refractivity contribution in [2.45, 2.75) is 20.5 Å². The summed E-state index contributed by atoms with van der Waals surface area (Å²) in [5, 5.41) is 7.72. The molecular formula is C13H15N3O2. The van der Waals surface area contributed by atoms with E-state index in [-0.39, 0.29) is 5.78 Å². The zero-order valence-electron chi connectivity index (χ0n) is 10.7. The van der Waals surface area contributed by atoms with E-state index in [4.69, 9.17) is 4.74 Å². The molecule has 1 aromatic heterocycles. The molecule has 5 nitrogen and oxygen atoms in total. The lowest BCUT2D eigenvalue weighted by Crippen LogP contribution is -2.04. The van der Waals surface area contributed by atoms with Crippen LogP contribution in [0.15, 0.2) is 24.5 Å². The van der Waals surface area contributed by atoms with Crippen LogP contribution in [-0.4, -0.2) is 20.5 Å². The van der Waals surface area contributed by atoms with Gasteiger partial charge in [-0.1, -0.05) is 0 Å². The zero-order chi connectivity index (χ0) is 13.1. The Bertz CT molecular complexity index is 575. The Labute approximate surface area is 105 Å². The van der Waals surface area contributed by atoms with Crippen LogP contribution in [0.4, 0.5) is 0 Å². The molecule has 0 saturated heterocycles. The van der Waals surface area contributed by atoms with Crippen molar-refractivity contribution in [1.82, 2.24) is 14.8 Å². The maximum atomic E-state index is 11.2. The van der Waals surface area contributed by atoms with Crippen LogP contribution in [0.3, 0.4) is 0 Å². The standard InChI is InChI=1S/C13H15N3O2/c1-9-6-11(10(2)17)4-5-12(9)18-7-13-15-14-8-16(13)3/h4-6,8H,7H2,1-3H3. The van der Waals surface area contributed by atoms with E-state index in [1.807, 2.05) is 26.1 Å². The van der Waals surface area contributed by atoms with Gasteiger partial charge in [-0.2, -0.15) is 0 Å². The van der Waals surface area contributed by atoms with Crippen molar-refractivity contribution >= 4 is 5.78 Å². The molecule has 0 radical (unpaired) electrons. The number of aryl methyl sites for hydroxylation is 2. The van der Waals surface area contributed by atoms with Crippen LogP contribution in [0.2, 0.25) is 0 Å². The lowest BCUT2D eigenvalue weighted by atomic mass is 10.1. The van der Waals surface area contributed by atoms with Gasteiger partial charge in [-0.25, -0.2) is 0 Å². The van der Waals surface area contributed by atoms with Gasteiger partial charge in [0.05, 0.1) is 0 Å². The maximum absolute atomic E-state index is 11.2. The van der Waals surface area contributed by atoms with Gasteiger partial charge < -0.3 is 9.30 Å². The highest BCUT2D eigenvalue weighted by Gasteiger charge is 2.06. The van der Waals surface area contributed by atoms with Crippen LogP contribution in [0.25, 0.3) is 0 Å². The highest BCUT2D eigenvalue weighted by atomic mass is 16.5. The molecule has 2 rings (SSSR count). The average Bonchev–Trinajstić information content (AvgIpc) is 2.73. The van der Waals surface area contributed by atoms with Gasteiger partial charge in [-0.3, -0.25) is 4.79 Å². The second-order valence-electron chi connectivity index (χ2n) is 4.18. The highest BCUT2D eigenvalue weighted by molar-refractivity contribution is 5.94. The molecule has 2 aromatic rings. The molecule has 1 heterocycles. The van der Waals surface area contributed by atoms with Crippen molar-refractivity contribution in [2.24, 2.45) is 7.05 Å². The minimum Gasteiger partial charge on any atom is -0.485 e. The Morgan fingerprint density at radius 1 is 1.44 bits per heavy atom. The smallest absolute Gasteiger partial charge is 0.170 e. The van der Waals surface area contributed by atoms with Gasteiger partial charge in [0.1, 0.15) is 18.7 Å². The van der Waals surface area contributed by atoms with Crippen LogP contribution >= 0.6 is 0 Å². The third kappa shape index (κ3) is 2.56. The van der Waals surface area contributed by atoms with Gasteiger partial charge in [-0.05, 0) is 37.6 Å². The van der Waals surface area contributed by atoms with Gasteiger partial charge in [-0.15, -0.1) is 10.2 Å². The van der Waals surface area contributed by atoms with Gasteiger partial charge in [0.25, 0.3) is 0 Å². The molecule has 0 aliphatic heterocycles. The van der Waals surface area contributed by atoms with E-state index in [9.17, 15) is 4.79 Å². The number of hydrogen-bond acceptors (Lipinski definition) is 4. The van der Waals surface area contributed by atoms with Crippen molar-refractivity contribution < 1.29 is 9.53 Å². The van der Waals surface area contributed by atoms with E-state index in [0.29, 0.717) is 12.2 Å². The van der Waals surface area contributed by atoms with Crippen LogP contribution in [0, 0.1) is 6.92 Å². The van der Waals surface area contributed by atoms with E-state index in [2.05, 4.69) is 10.2 Å². The van der Waals surface area contributed by atoms with Gasteiger partial charge in [0.15, 0.2) is 11.6 Å². The number of hydrogen-bond donors (Lipinski definition) is 0. The normalized spacial score (nSPS) is 10.4. The number of ketones is 1. The van der Waals surface area contributed by atoms with E-state index in [1.54, 1.807) is 23.9 Å². The SMILES string of the molecule is CC(=O)c1ccc(OCc2nncn2C)c(C)c1. The third-order valence-electron chi connectivity index (χ3n) is 2.74. The van der Waals surface area contributed by atoms with Gasteiger partial charge in [0, 0.05) is 12.6 Å². The molecule has 94 valence electrons. The second-order valence-corrected chi connectivity index (χ2v) is 4.18. The fraction of sp³-hybridized carbons (Fsp3) is 0.308. The Kier molecular flexibility index (Phi) is 3.41. The first-order valence-corrected chi connectivity index (χ1v) is 5.65. The number of ether oxygens (including phenoxy) is 1. The lowest BCUT2D eigenvalue weighted by molar-refractivity contribution is 0.101. The first kappa shape index (κ1) is 12.3. The molecule has 5 heteroatoms. The number of aromatic nitrogens is 3. The summed E-state index contributed by atoms with van der Waals surface area (Å²) >= 11 is 0.